The van der Waals surface area contributed by atoms with Gasteiger partial charge in [-0.15, -0.1) is 22.7 Å². The number of para-hydroxylation sites is 1. The summed E-state index contributed by atoms with van der Waals surface area (Å²) in [6, 6.07) is 40.2. The summed E-state index contributed by atoms with van der Waals surface area (Å²) in [5.74, 6) is 0. The van der Waals surface area contributed by atoms with Gasteiger partial charge in [0.25, 0.3) is 0 Å². The SMILES string of the molecule is [C-]#[N+]c1ccc(-n2c3ccccc3c3cc([N+]#[C-])ccc32)c(-c2ccc3sc4c(ccc5c6ccccc6sc54)c3c2)c1. The van der Waals surface area contributed by atoms with E-state index < -0.39 is 0 Å². The van der Waals surface area contributed by atoms with Gasteiger partial charge in [-0.05, 0) is 65.0 Å². The molecule has 0 N–H and O–H groups in total. The average molecular weight is 582 g/mol. The van der Waals surface area contributed by atoms with E-state index in [9.17, 15) is 0 Å². The van der Waals surface area contributed by atoms with Crippen molar-refractivity contribution in [1.29, 1.82) is 0 Å². The Labute approximate surface area is 254 Å². The number of aromatic nitrogens is 1. The Kier molecular flexibility index (Phi) is 5.07. The van der Waals surface area contributed by atoms with E-state index in [-0.39, 0.29) is 0 Å². The Bertz CT molecular complexity index is 2710. The van der Waals surface area contributed by atoms with Crippen LogP contribution in [-0.4, -0.2) is 4.57 Å². The molecule has 43 heavy (non-hydrogen) atoms. The lowest BCUT2D eigenvalue weighted by molar-refractivity contribution is 1.18. The molecule has 5 heteroatoms. The average Bonchev–Trinajstić information content (AvgIpc) is 3.73. The first-order valence-electron chi connectivity index (χ1n) is 13.9. The van der Waals surface area contributed by atoms with Crippen molar-refractivity contribution in [3.63, 3.8) is 0 Å². The standard InChI is InChI=1S/C38H19N3S2/c1-39-23-12-16-33(41-32-9-5-3-7-25(32)30-21-24(40-2)13-17-34(30)41)29(20-23)22-11-18-36-31(19-22)28-15-14-27-26-8-4-6-10-35(26)42-37(27)38(28)43-36/h3-21H. The van der Waals surface area contributed by atoms with Crippen molar-refractivity contribution in [2.24, 2.45) is 0 Å². The summed E-state index contributed by atoms with van der Waals surface area (Å²) < 4.78 is 7.53. The summed E-state index contributed by atoms with van der Waals surface area (Å²) in [5.41, 5.74) is 6.45. The zero-order valence-corrected chi connectivity index (χ0v) is 24.3. The number of thiophene rings is 2. The summed E-state index contributed by atoms with van der Waals surface area (Å²) in [4.78, 5) is 7.48. The molecule has 9 rings (SSSR count). The smallest absolute Gasteiger partial charge is 0.188 e. The maximum Gasteiger partial charge on any atom is 0.188 e. The first-order valence-corrected chi connectivity index (χ1v) is 15.5. The van der Waals surface area contributed by atoms with Gasteiger partial charge in [-0.2, -0.15) is 0 Å². The monoisotopic (exact) mass is 581 g/mol. The molecule has 0 radical (unpaired) electrons. The molecule has 0 aliphatic carbocycles. The van der Waals surface area contributed by atoms with Gasteiger partial charge in [0.15, 0.2) is 11.4 Å². The molecule has 0 atom stereocenters. The quantitative estimate of drug-likeness (QED) is 0.180. The lowest BCUT2D eigenvalue weighted by atomic mass is 10.00. The second-order valence-corrected chi connectivity index (χ2v) is 12.8. The van der Waals surface area contributed by atoms with Gasteiger partial charge in [-0.25, -0.2) is 9.69 Å². The van der Waals surface area contributed by atoms with Crippen molar-refractivity contribution in [3.8, 4) is 16.8 Å². The molecule has 0 fully saturated rings. The maximum atomic E-state index is 7.78. The van der Waals surface area contributed by atoms with Crippen LogP contribution in [0.1, 0.15) is 0 Å². The molecule has 0 saturated heterocycles. The molecular formula is C38H19N3S2. The van der Waals surface area contributed by atoms with Gasteiger partial charge in [-0.3, -0.25) is 0 Å². The molecule has 6 aromatic carbocycles. The van der Waals surface area contributed by atoms with E-state index in [0.29, 0.717) is 11.4 Å². The van der Waals surface area contributed by atoms with Gasteiger partial charge in [0.05, 0.1) is 39.3 Å². The zero-order chi connectivity index (χ0) is 28.7. The molecule has 3 heterocycles. The van der Waals surface area contributed by atoms with Crippen molar-refractivity contribution in [3.05, 3.63) is 138 Å². The van der Waals surface area contributed by atoms with Crippen LogP contribution in [0.4, 0.5) is 11.4 Å². The van der Waals surface area contributed by atoms with E-state index in [4.69, 9.17) is 13.1 Å². The predicted octanol–water partition coefficient (Wildman–Crippen LogP) is 12.3. The topological polar surface area (TPSA) is 13.6 Å². The Morgan fingerprint density at radius 3 is 1.95 bits per heavy atom. The second-order valence-electron chi connectivity index (χ2n) is 10.7. The summed E-state index contributed by atoms with van der Waals surface area (Å²) in [6.45, 7) is 15.3. The number of hydrogen-bond acceptors (Lipinski definition) is 2. The van der Waals surface area contributed by atoms with E-state index in [1.54, 1.807) is 0 Å². The normalized spacial score (nSPS) is 11.7. The summed E-state index contributed by atoms with van der Waals surface area (Å²) >= 11 is 3.73. The highest BCUT2D eigenvalue weighted by Crippen LogP contribution is 2.46. The predicted molar refractivity (Wildman–Crippen MR) is 185 cm³/mol. The van der Waals surface area contributed by atoms with Crippen LogP contribution in [0, 0.1) is 13.1 Å². The Morgan fingerprint density at radius 2 is 1.14 bits per heavy atom. The molecule has 0 aliphatic rings. The van der Waals surface area contributed by atoms with Crippen molar-refractivity contribution >= 4 is 96.2 Å². The minimum Gasteiger partial charge on any atom is -0.309 e. The minimum absolute atomic E-state index is 0.608. The lowest BCUT2D eigenvalue weighted by Crippen LogP contribution is -1.97. The van der Waals surface area contributed by atoms with Crippen LogP contribution < -0.4 is 0 Å². The van der Waals surface area contributed by atoms with Crippen LogP contribution in [0.3, 0.4) is 0 Å². The van der Waals surface area contributed by atoms with E-state index in [2.05, 4.69) is 93.1 Å². The highest BCUT2D eigenvalue weighted by Gasteiger charge is 2.18. The fraction of sp³-hybridized carbons (Fsp3) is 0. The third kappa shape index (κ3) is 3.44. The van der Waals surface area contributed by atoms with Gasteiger partial charge < -0.3 is 4.57 Å². The Hall–Kier alpha value is -5.46. The van der Waals surface area contributed by atoms with Gasteiger partial charge in [0, 0.05) is 36.3 Å². The first kappa shape index (κ1) is 24.2. The summed E-state index contributed by atoms with van der Waals surface area (Å²) in [7, 11) is 0. The molecule has 3 aromatic heterocycles. The molecule has 0 saturated carbocycles. The molecule has 0 bridgehead atoms. The number of benzene rings is 6. The zero-order valence-electron chi connectivity index (χ0n) is 22.6. The van der Waals surface area contributed by atoms with Crippen LogP contribution in [0.2, 0.25) is 0 Å². The van der Waals surface area contributed by atoms with Crippen molar-refractivity contribution in [2.75, 3.05) is 0 Å². The highest BCUT2D eigenvalue weighted by atomic mass is 32.1. The first-order chi connectivity index (χ1) is 21.2. The van der Waals surface area contributed by atoms with Crippen molar-refractivity contribution in [2.45, 2.75) is 0 Å². The van der Waals surface area contributed by atoms with Gasteiger partial charge in [0.1, 0.15) is 0 Å². The van der Waals surface area contributed by atoms with Crippen LogP contribution in [0.25, 0.3) is 88.7 Å². The summed E-state index contributed by atoms with van der Waals surface area (Å²) in [6.07, 6.45) is 0. The van der Waals surface area contributed by atoms with Gasteiger partial charge >= 0.3 is 0 Å². The Morgan fingerprint density at radius 1 is 0.488 bits per heavy atom. The molecular weight excluding hydrogens is 563 g/mol. The minimum atomic E-state index is 0.608. The van der Waals surface area contributed by atoms with E-state index in [0.717, 1.165) is 38.6 Å². The van der Waals surface area contributed by atoms with Crippen LogP contribution >= 0.6 is 22.7 Å². The third-order valence-corrected chi connectivity index (χ3v) is 11.0. The number of rotatable bonds is 2. The fourth-order valence-electron chi connectivity index (χ4n) is 6.49. The van der Waals surface area contributed by atoms with Crippen molar-refractivity contribution < 1.29 is 0 Å². The largest absolute Gasteiger partial charge is 0.309 e. The Balaban J connectivity index is 1.32. The highest BCUT2D eigenvalue weighted by molar-refractivity contribution is 7.33. The number of nitrogens with zero attached hydrogens (tertiary/aromatic N) is 3. The fourth-order valence-corrected chi connectivity index (χ4v) is 9.01. The van der Waals surface area contributed by atoms with Gasteiger partial charge in [-0.1, -0.05) is 66.7 Å². The van der Waals surface area contributed by atoms with Crippen molar-refractivity contribution in [1.82, 2.24) is 4.57 Å². The third-order valence-electron chi connectivity index (χ3n) is 8.43. The van der Waals surface area contributed by atoms with E-state index in [1.165, 1.54) is 40.3 Å². The molecule has 0 spiro atoms. The summed E-state index contributed by atoms with van der Waals surface area (Å²) in [5, 5.41) is 7.30. The lowest BCUT2D eigenvalue weighted by Gasteiger charge is -2.15. The number of hydrogen-bond donors (Lipinski definition) is 0. The van der Waals surface area contributed by atoms with E-state index >= 15 is 0 Å². The van der Waals surface area contributed by atoms with Crippen LogP contribution in [0.15, 0.2) is 115 Å². The number of fused-ring (bicyclic) bond motifs is 10. The molecule has 198 valence electrons. The molecule has 9 aromatic rings. The molecule has 3 nitrogen and oxygen atoms in total. The van der Waals surface area contributed by atoms with Gasteiger partial charge in [0.2, 0.25) is 0 Å². The molecule has 0 aliphatic heterocycles. The van der Waals surface area contributed by atoms with Crippen LogP contribution in [0.5, 0.6) is 0 Å². The molecule has 0 unspecified atom stereocenters. The second kappa shape index (κ2) is 9.02. The van der Waals surface area contributed by atoms with E-state index in [1.807, 2.05) is 59.1 Å². The van der Waals surface area contributed by atoms with Crippen LogP contribution in [-0.2, 0) is 0 Å². The molecule has 0 amide bonds. The maximum absolute atomic E-state index is 7.78.